The van der Waals surface area contributed by atoms with Gasteiger partial charge in [0.2, 0.25) is 0 Å². The fraction of sp³-hybridized carbons (Fsp3) is 0.263. The van der Waals surface area contributed by atoms with Crippen LogP contribution in [-0.2, 0) is 0 Å². The number of carbonyl (C=O) groups excluding carboxylic acids is 1. The van der Waals surface area contributed by atoms with E-state index in [1.165, 1.54) is 5.56 Å². The van der Waals surface area contributed by atoms with Gasteiger partial charge in [0.15, 0.2) is 0 Å². The van der Waals surface area contributed by atoms with Gasteiger partial charge < -0.3 is 10.3 Å². The summed E-state index contributed by atoms with van der Waals surface area (Å²) < 4.78 is 0. The van der Waals surface area contributed by atoms with Crippen LogP contribution in [0.1, 0.15) is 35.7 Å². The number of H-pyrrole nitrogens is 1. The Morgan fingerprint density at radius 2 is 1.96 bits per heavy atom. The number of aromatic nitrogens is 2. The maximum Gasteiger partial charge on any atom is 0.251 e. The van der Waals surface area contributed by atoms with E-state index >= 15 is 0 Å². The second-order valence-electron chi connectivity index (χ2n) is 5.79. The molecule has 23 heavy (non-hydrogen) atoms. The lowest BCUT2D eigenvalue weighted by Gasteiger charge is -2.04. The summed E-state index contributed by atoms with van der Waals surface area (Å²) in [5.41, 5.74) is 4.83. The van der Waals surface area contributed by atoms with Gasteiger partial charge in [0.1, 0.15) is 5.82 Å². The highest BCUT2D eigenvalue weighted by molar-refractivity contribution is 5.94. The van der Waals surface area contributed by atoms with Gasteiger partial charge >= 0.3 is 0 Å². The molecule has 4 heteroatoms. The summed E-state index contributed by atoms with van der Waals surface area (Å²) in [5, 5.41) is 2.92. The monoisotopic (exact) mass is 307 g/mol. The molecule has 0 bridgehead atoms. The number of unbranched alkanes of at least 4 members (excludes halogenated alkanes) is 1. The van der Waals surface area contributed by atoms with Crippen LogP contribution in [0.15, 0.2) is 42.5 Å². The van der Waals surface area contributed by atoms with E-state index in [-0.39, 0.29) is 5.91 Å². The van der Waals surface area contributed by atoms with E-state index in [0.717, 1.165) is 41.8 Å². The second kappa shape index (κ2) is 6.65. The molecule has 2 aromatic carbocycles. The first-order chi connectivity index (χ1) is 11.2. The van der Waals surface area contributed by atoms with Gasteiger partial charge in [-0.25, -0.2) is 4.98 Å². The summed E-state index contributed by atoms with van der Waals surface area (Å²) in [5.74, 6) is 0.800. The number of hydrogen-bond donors (Lipinski definition) is 2. The number of benzene rings is 2. The summed E-state index contributed by atoms with van der Waals surface area (Å²) >= 11 is 0. The van der Waals surface area contributed by atoms with Crippen molar-refractivity contribution >= 4 is 16.9 Å². The van der Waals surface area contributed by atoms with Crippen molar-refractivity contribution in [2.45, 2.75) is 26.7 Å². The molecule has 2 N–H and O–H groups in total. The summed E-state index contributed by atoms with van der Waals surface area (Å²) in [6, 6.07) is 13.7. The Kier molecular flexibility index (Phi) is 4.42. The van der Waals surface area contributed by atoms with Crippen LogP contribution in [0.3, 0.4) is 0 Å². The van der Waals surface area contributed by atoms with Gasteiger partial charge in [-0.3, -0.25) is 4.79 Å². The van der Waals surface area contributed by atoms with E-state index in [9.17, 15) is 4.79 Å². The smallest absolute Gasteiger partial charge is 0.251 e. The number of hydrogen-bond acceptors (Lipinski definition) is 2. The molecular formula is C19H21N3O. The van der Waals surface area contributed by atoms with E-state index < -0.39 is 0 Å². The third-order valence-electron chi connectivity index (χ3n) is 3.87. The Balaban J connectivity index is 1.79. The summed E-state index contributed by atoms with van der Waals surface area (Å²) in [7, 11) is 0. The molecule has 4 nitrogen and oxygen atoms in total. The highest BCUT2D eigenvalue weighted by Gasteiger charge is 2.08. The molecule has 0 spiro atoms. The molecule has 3 aromatic rings. The minimum atomic E-state index is -0.0229. The minimum Gasteiger partial charge on any atom is -0.352 e. The number of rotatable bonds is 5. The van der Waals surface area contributed by atoms with Crippen LogP contribution < -0.4 is 5.32 Å². The lowest BCUT2D eigenvalue weighted by molar-refractivity contribution is 0.0953. The van der Waals surface area contributed by atoms with Crippen molar-refractivity contribution < 1.29 is 4.79 Å². The van der Waals surface area contributed by atoms with Crippen molar-refractivity contribution in [3.05, 3.63) is 53.6 Å². The molecule has 0 aliphatic carbocycles. The lowest BCUT2D eigenvalue weighted by Crippen LogP contribution is -2.24. The van der Waals surface area contributed by atoms with Gasteiger partial charge in [0, 0.05) is 17.7 Å². The summed E-state index contributed by atoms with van der Waals surface area (Å²) in [6.07, 6.45) is 2.08. The van der Waals surface area contributed by atoms with Crippen molar-refractivity contribution in [2.75, 3.05) is 6.54 Å². The average Bonchev–Trinajstić information content (AvgIpc) is 2.98. The van der Waals surface area contributed by atoms with Gasteiger partial charge in [0.25, 0.3) is 5.91 Å². The molecule has 0 fully saturated rings. The molecule has 0 radical (unpaired) electrons. The SMILES string of the molecule is CCCCNC(=O)c1ccc(-c2nc3ccc(C)cc3[nH]2)cc1. The van der Waals surface area contributed by atoms with Crippen LogP contribution in [0.4, 0.5) is 0 Å². The molecule has 0 saturated carbocycles. The van der Waals surface area contributed by atoms with Crippen LogP contribution in [0.25, 0.3) is 22.4 Å². The first kappa shape index (κ1) is 15.3. The first-order valence-electron chi connectivity index (χ1n) is 8.02. The maximum absolute atomic E-state index is 12.0. The highest BCUT2D eigenvalue weighted by Crippen LogP contribution is 2.21. The third kappa shape index (κ3) is 3.42. The van der Waals surface area contributed by atoms with Crippen LogP contribution >= 0.6 is 0 Å². The first-order valence-corrected chi connectivity index (χ1v) is 8.02. The zero-order valence-electron chi connectivity index (χ0n) is 13.5. The molecule has 118 valence electrons. The van der Waals surface area contributed by atoms with Gasteiger partial charge in [0.05, 0.1) is 11.0 Å². The number of carbonyl (C=O) groups is 1. The van der Waals surface area contributed by atoms with E-state index in [1.807, 2.05) is 30.3 Å². The normalized spacial score (nSPS) is 10.9. The van der Waals surface area contributed by atoms with Crippen LogP contribution in [-0.4, -0.2) is 22.4 Å². The Hall–Kier alpha value is -2.62. The van der Waals surface area contributed by atoms with Crippen molar-refractivity contribution in [1.29, 1.82) is 0 Å². The second-order valence-corrected chi connectivity index (χ2v) is 5.79. The molecular weight excluding hydrogens is 286 g/mol. The number of aromatic amines is 1. The maximum atomic E-state index is 12.0. The molecule has 1 heterocycles. The molecule has 0 aliphatic heterocycles. The van der Waals surface area contributed by atoms with E-state index in [4.69, 9.17) is 0 Å². The highest BCUT2D eigenvalue weighted by atomic mass is 16.1. The standard InChI is InChI=1S/C19H21N3O/c1-3-4-11-20-19(23)15-8-6-14(7-9-15)18-21-16-10-5-13(2)12-17(16)22-18/h5-10,12H,3-4,11H2,1-2H3,(H,20,23)(H,21,22). The summed E-state index contributed by atoms with van der Waals surface area (Å²) in [4.78, 5) is 19.9. The number of imidazole rings is 1. The number of amides is 1. The predicted octanol–water partition coefficient (Wildman–Crippen LogP) is 4.07. The van der Waals surface area contributed by atoms with Crippen LogP contribution in [0.2, 0.25) is 0 Å². The lowest BCUT2D eigenvalue weighted by atomic mass is 10.1. The van der Waals surface area contributed by atoms with E-state index in [2.05, 4.69) is 41.3 Å². The summed E-state index contributed by atoms with van der Waals surface area (Å²) in [6.45, 7) is 4.89. The zero-order chi connectivity index (χ0) is 16.2. The minimum absolute atomic E-state index is 0.0229. The van der Waals surface area contributed by atoms with Crippen molar-refractivity contribution in [2.24, 2.45) is 0 Å². The van der Waals surface area contributed by atoms with Gasteiger partial charge in [-0.1, -0.05) is 31.5 Å². The molecule has 3 rings (SSSR count). The Labute approximate surface area is 136 Å². The Bertz CT molecular complexity index is 818. The third-order valence-corrected chi connectivity index (χ3v) is 3.87. The Morgan fingerprint density at radius 1 is 1.17 bits per heavy atom. The fourth-order valence-corrected chi connectivity index (χ4v) is 2.52. The van der Waals surface area contributed by atoms with Crippen molar-refractivity contribution in [3.63, 3.8) is 0 Å². The largest absolute Gasteiger partial charge is 0.352 e. The molecule has 0 saturated heterocycles. The Morgan fingerprint density at radius 3 is 2.70 bits per heavy atom. The van der Waals surface area contributed by atoms with Crippen molar-refractivity contribution in [3.8, 4) is 11.4 Å². The van der Waals surface area contributed by atoms with Crippen LogP contribution in [0, 0.1) is 6.92 Å². The molecule has 0 unspecified atom stereocenters. The van der Waals surface area contributed by atoms with Crippen LogP contribution in [0.5, 0.6) is 0 Å². The number of nitrogens with one attached hydrogen (secondary N) is 2. The fourth-order valence-electron chi connectivity index (χ4n) is 2.52. The predicted molar refractivity (Wildman–Crippen MR) is 93.5 cm³/mol. The molecule has 1 amide bonds. The number of fused-ring (bicyclic) bond motifs is 1. The molecule has 0 atom stereocenters. The van der Waals surface area contributed by atoms with Gasteiger partial charge in [-0.2, -0.15) is 0 Å². The molecule has 0 aliphatic rings. The topological polar surface area (TPSA) is 57.8 Å². The van der Waals surface area contributed by atoms with Crippen molar-refractivity contribution in [1.82, 2.24) is 15.3 Å². The zero-order valence-corrected chi connectivity index (χ0v) is 13.5. The molecule has 1 aromatic heterocycles. The quantitative estimate of drug-likeness (QED) is 0.698. The van der Waals surface area contributed by atoms with E-state index in [0.29, 0.717) is 5.56 Å². The number of aryl methyl sites for hydroxylation is 1. The van der Waals surface area contributed by atoms with Gasteiger partial charge in [-0.05, 0) is 43.2 Å². The van der Waals surface area contributed by atoms with E-state index in [1.54, 1.807) is 0 Å². The van der Waals surface area contributed by atoms with Gasteiger partial charge in [-0.15, -0.1) is 0 Å². The number of nitrogens with zero attached hydrogens (tertiary/aromatic N) is 1. The average molecular weight is 307 g/mol.